The molecule has 5 rings (SSSR count). The lowest BCUT2D eigenvalue weighted by atomic mass is 9.84. The Labute approximate surface area is 197 Å². The number of carbonyl (C=O) groups excluding carboxylic acids is 1. The van der Waals surface area contributed by atoms with Crippen LogP contribution in [-0.2, 0) is 18.3 Å². The summed E-state index contributed by atoms with van der Waals surface area (Å²) >= 11 is 2.52. The van der Waals surface area contributed by atoms with E-state index in [2.05, 4.69) is 39.6 Å². The number of anilines is 1. The van der Waals surface area contributed by atoms with Gasteiger partial charge in [-0.15, -0.1) is 22.7 Å². The molecule has 0 unspecified atom stereocenters. The van der Waals surface area contributed by atoms with E-state index in [9.17, 15) is 14.4 Å². The van der Waals surface area contributed by atoms with Gasteiger partial charge in [-0.25, -0.2) is 23.5 Å². The van der Waals surface area contributed by atoms with Crippen molar-refractivity contribution in [2.45, 2.75) is 44.4 Å². The molecule has 0 radical (unpaired) electrons. The summed E-state index contributed by atoms with van der Waals surface area (Å²) in [6, 6.07) is 8.60. The molecule has 8 nitrogen and oxygen atoms in total. The third-order valence-electron chi connectivity index (χ3n) is 6.11. The molecule has 1 aliphatic carbocycles. The number of hydrogen-bond acceptors (Lipinski definition) is 7. The van der Waals surface area contributed by atoms with Gasteiger partial charge in [0.2, 0.25) is 10.9 Å². The Morgan fingerprint density at radius 2 is 1.82 bits per heavy atom. The van der Waals surface area contributed by atoms with Crippen molar-refractivity contribution in [1.82, 2.24) is 18.9 Å². The number of thiazole rings is 2. The summed E-state index contributed by atoms with van der Waals surface area (Å²) in [5.74, 6) is 0.375. The van der Waals surface area contributed by atoms with Crippen LogP contribution < -0.4 is 16.7 Å². The van der Waals surface area contributed by atoms with E-state index in [0.717, 1.165) is 27.2 Å². The minimum Gasteiger partial charge on any atom is -0.302 e. The molecule has 0 spiro atoms. The van der Waals surface area contributed by atoms with Crippen LogP contribution in [0.5, 0.6) is 0 Å². The number of carbonyl (C=O) groups is 1. The highest BCUT2D eigenvalue weighted by Crippen LogP contribution is 2.34. The average molecular weight is 482 g/mol. The lowest BCUT2D eigenvalue weighted by Gasteiger charge is -2.22. The second-order valence-electron chi connectivity index (χ2n) is 8.30. The lowest BCUT2D eigenvalue weighted by molar-refractivity contribution is -0.115. The Hall–Kier alpha value is -3.11. The smallest absolute Gasteiger partial charge is 0.302 e. The average Bonchev–Trinajstić information content (AvgIpc) is 3.45. The second kappa shape index (κ2) is 9.03. The second-order valence-corrected chi connectivity index (χ2v) is 10.00. The van der Waals surface area contributed by atoms with Crippen molar-refractivity contribution in [1.29, 1.82) is 0 Å². The summed E-state index contributed by atoms with van der Waals surface area (Å²) in [4.78, 5) is 45.4. The number of rotatable bonds is 5. The molecule has 1 aromatic carbocycles. The van der Waals surface area contributed by atoms with Gasteiger partial charge in [0.25, 0.3) is 0 Å². The molecule has 170 valence electrons. The van der Waals surface area contributed by atoms with Crippen LogP contribution in [0.2, 0.25) is 0 Å². The number of hydrogen-bond donors (Lipinski definition) is 1. The van der Waals surface area contributed by atoms with Gasteiger partial charge in [-0.2, -0.15) is 4.98 Å². The van der Waals surface area contributed by atoms with Gasteiger partial charge in [-0.1, -0.05) is 43.5 Å². The summed E-state index contributed by atoms with van der Waals surface area (Å²) in [5.41, 5.74) is 2.60. The molecular formula is C23H23N5O3S2. The molecule has 3 aromatic heterocycles. The van der Waals surface area contributed by atoms with Crippen molar-refractivity contribution in [3.05, 3.63) is 67.3 Å². The predicted molar refractivity (Wildman–Crippen MR) is 130 cm³/mol. The molecule has 0 bridgehead atoms. The third-order valence-corrected chi connectivity index (χ3v) is 7.74. The molecule has 1 amide bonds. The maximum atomic E-state index is 12.6. The van der Waals surface area contributed by atoms with Gasteiger partial charge in [0.1, 0.15) is 0 Å². The molecule has 3 heterocycles. The Balaban J connectivity index is 1.28. The van der Waals surface area contributed by atoms with Crippen molar-refractivity contribution < 1.29 is 4.79 Å². The fourth-order valence-electron chi connectivity index (χ4n) is 4.29. The normalized spacial score (nSPS) is 14.6. The summed E-state index contributed by atoms with van der Waals surface area (Å²) in [5, 5.41) is 6.91. The number of aromatic nitrogens is 4. The Bertz CT molecular complexity index is 1430. The molecule has 1 aliphatic rings. The number of nitrogens with one attached hydrogen (secondary N) is 1. The maximum absolute atomic E-state index is 12.6. The van der Waals surface area contributed by atoms with Crippen molar-refractivity contribution in [3.8, 4) is 11.3 Å². The van der Waals surface area contributed by atoms with E-state index in [1.165, 1.54) is 60.5 Å². The first kappa shape index (κ1) is 21.7. The molecule has 1 N–H and O–H groups in total. The van der Waals surface area contributed by atoms with Crippen molar-refractivity contribution in [2.75, 3.05) is 5.32 Å². The molecule has 0 saturated heterocycles. The summed E-state index contributed by atoms with van der Waals surface area (Å²) < 4.78 is 2.22. The number of amides is 1. The predicted octanol–water partition coefficient (Wildman–Crippen LogP) is 3.81. The van der Waals surface area contributed by atoms with E-state index < -0.39 is 11.4 Å². The van der Waals surface area contributed by atoms with Crippen molar-refractivity contribution in [2.24, 2.45) is 7.05 Å². The van der Waals surface area contributed by atoms with E-state index in [1.807, 2.05) is 5.38 Å². The SMILES string of the molecule is Cn1c(=O)nc2scc(CC(=O)Nc3nc(-c4ccc(C5CCCCC5)cc4)cs3)n2c1=O. The zero-order chi connectivity index (χ0) is 22.9. The van der Waals surface area contributed by atoms with Gasteiger partial charge in [-0.3, -0.25) is 4.79 Å². The van der Waals surface area contributed by atoms with Crippen LogP contribution in [0, 0.1) is 0 Å². The molecule has 4 aromatic rings. The molecular weight excluding hydrogens is 458 g/mol. The van der Waals surface area contributed by atoms with Crippen LogP contribution in [0.15, 0.2) is 44.6 Å². The Morgan fingerprint density at radius 1 is 1.06 bits per heavy atom. The number of nitrogens with zero attached hydrogens (tertiary/aromatic N) is 4. The fraction of sp³-hybridized carbons (Fsp3) is 0.348. The first-order valence-corrected chi connectivity index (χ1v) is 12.7. The van der Waals surface area contributed by atoms with Crippen LogP contribution >= 0.6 is 22.7 Å². The van der Waals surface area contributed by atoms with E-state index in [4.69, 9.17) is 0 Å². The highest BCUT2D eigenvalue weighted by atomic mass is 32.1. The first-order chi connectivity index (χ1) is 16.0. The monoisotopic (exact) mass is 481 g/mol. The van der Waals surface area contributed by atoms with Crippen molar-refractivity contribution in [3.63, 3.8) is 0 Å². The van der Waals surface area contributed by atoms with E-state index in [0.29, 0.717) is 16.7 Å². The quantitative estimate of drug-likeness (QED) is 0.467. The van der Waals surface area contributed by atoms with Crippen LogP contribution in [0.25, 0.3) is 16.2 Å². The topological polar surface area (TPSA) is 98.4 Å². The van der Waals surface area contributed by atoms with Crippen molar-refractivity contribution >= 4 is 38.7 Å². The highest BCUT2D eigenvalue weighted by molar-refractivity contribution is 7.15. The standard InChI is InChI=1S/C23H23N5O3S2/c1-27-21(30)26-22-28(23(27)31)17(12-33-22)11-19(29)25-20-24-18(13-32-20)16-9-7-15(8-10-16)14-5-3-2-4-6-14/h7-10,12-14H,2-6,11H2,1H3,(H,24,25,29). The van der Waals surface area contributed by atoms with E-state index >= 15 is 0 Å². The molecule has 0 aliphatic heterocycles. The lowest BCUT2D eigenvalue weighted by Crippen LogP contribution is -2.37. The van der Waals surface area contributed by atoms with Crippen LogP contribution in [0.4, 0.5) is 5.13 Å². The minimum atomic E-state index is -0.611. The van der Waals surface area contributed by atoms with Crippen LogP contribution in [-0.4, -0.2) is 24.8 Å². The summed E-state index contributed by atoms with van der Waals surface area (Å²) in [6.45, 7) is 0. The molecule has 1 fully saturated rings. The molecule has 10 heteroatoms. The summed E-state index contributed by atoms with van der Waals surface area (Å²) in [6.07, 6.45) is 6.48. The number of benzene rings is 1. The Kier molecular flexibility index (Phi) is 5.94. The van der Waals surface area contributed by atoms with Gasteiger partial charge in [0.15, 0.2) is 5.13 Å². The molecule has 1 saturated carbocycles. The third kappa shape index (κ3) is 4.40. The van der Waals surface area contributed by atoms with Crippen LogP contribution in [0.3, 0.4) is 0 Å². The largest absolute Gasteiger partial charge is 0.354 e. The van der Waals surface area contributed by atoms with Gasteiger partial charge in [0, 0.05) is 29.1 Å². The number of fused-ring (bicyclic) bond motifs is 1. The summed E-state index contributed by atoms with van der Waals surface area (Å²) in [7, 11) is 1.37. The van der Waals surface area contributed by atoms with Gasteiger partial charge < -0.3 is 5.32 Å². The maximum Gasteiger partial charge on any atom is 0.354 e. The zero-order valence-electron chi connectivity index (χ0n) is 18.1. The zero-order valence-corrected chi connectivity index (χ0v) is 19.7. The molecule has 33 heavy (non-hydrogen) atoms. The van der Waals surface area contributed by atoms with E-state index in [1.54, 1.807) is 5.38 Å². The van der Waals surface area contributed by atoms with Gasteiger partial charge >= 0.3 is 11.4 Å². The van der Waals surface area contributed by atoms with Gasteiger partial charge in [0.05, 0.1) is 12.1 Å². The van der Waals surface area contributed by atoms with E-state index in [-0.39, 0.29) is 17.3 Å². The molecule has 0 atom stereocenters. The minimum absolute atomic E-state index is 0.0230. The van der Waals surface area contributed by atoms with Gasteiger partial charge in [-0.05, 0) is 24.3 Å². The van der Waals surface area contributed by atoms with Crippen LogP contribution in [0.1, 0.15) is 49.3 Å². The highest BCUT2D eigenvalue weighted by Gasteiger charge is 2.17. The first-order valence-electron chi connectivity index (χ1n) is 10.9. The fourth-order valence-corrected chi connectivity index (χ4v) is 5.89. The Morgan fingerprint density at radius 3 is 2.58 bits per heavy atom.